The molecule has 4 heteroatoms. The average molecular weight is 423 g/mol. The fourth-order valence-electron chi connectivity index (χ4n) is 5.56. The monoisotopic (exact) mass is 422 g/mol. The number of nitrogens with zero attached hydrogens (tertiary/aromatic N) is 4. The predicted molar refractivity (Wildman–Crippen MR) is 128 cm³/mol. The zero-order valence-corrected chi connectivity index (χ0v) is 19.4. The average Bonchev–Trinajstić information content (AvgIpc) is 3.38. The number of aromatic nitrogens is 4. The van der Waals surface area contributed by atoms with Crippen LogP contribution in [0.1, 0.15) is 61.6 Å². The van der Waals surface area contributed by atoms with Gasteiger partial charge in [0, 0.05) is 10.8 Å². The summed E-state index contributed by atoms with van der Waals surface area (Å²) < 4.78 is 4.34. The Morgan fingerprint density at radius 3 is 1.50 bits per heavy atom. The zero-order chi connectivity index (χ0) is 22.1. The molecule has 162 valence electrons. The molecule has 0 fully saturated rings. The fourth-order valence-corrected chi connectivity index (χ4v) is 5.56. The fraction of sp³-hybridized carbons (Fsp3) is 0.357. The summed E-state index contributed by atoms with van der Waals surface area (Å²) in [5.74, 6) is 0. The quantitative estimate of drug-likeness (QED) is 0.436. The normalized spacial score (nSPS) is 17.2. The summed E-state index contributed by atoms with van der Waals surface area (Å²) in [6.07, 6.45) is 3.90. The number of para-hydroxylation sites is 2. The highest BCUT2D eigenvalue weighted by molar-refractivity contribution is 5.49. The first-order chi connectivity index (χ1) is 15.3. The minimum absolute atomic E-state index is 0.0842. The summed E-state index contributed by atoms with van der Waals surface area (Å²) in [6.45, 7) is 9.29. The van der Waals surface area contributed by atoms with Crippen LogP contribution in [0.2, 0.25) is 0 Å². The molecule has 4 nitrogen and oxygen atoms in total. The van der Waals surface area contributed by atoms with Crippen molar-refractivity contribution in [1.29, 1.82) is 0 Å². The van der Waals surface area contributed by atoms with Crippen LogP contribution in [-0.2, 0) is 36.5 Å². The Bertz CT molecular complexity index is 1230. The highest BCUT2D eigenvalue weighted by Crippen LogP contribution is 2.38. The van der Waals surface area contributed by atoms with Crippen LogP contribution in [-0.4, -0.2) is 19.6 Å². The maximum Gasteiger partial charge on any atom is 0.0681 e. The van der Waals surface area contributed by atoms with Gasteiger partial charge < -0.3 is 0 Å². The molecular weight excluding hydrogens is 392 g/mol. The van der Waals surface area contributed by atoms with Gasteiger partial charge in [-0.25, -0.2) is 9.36 Å². The highest BCUT2D eigenvalue weighted by Gasteiger charge is 2.34. The SMILES string of the molecule is CC1(C)Cc2ccccc2-n2nc(CCc3cc4n(n3)-c3ccccc3CC4(C)C)cc21. The summed E-state index contributed by atoms with van der Waals surface area (Å²) >= 11 is 0. The maximum absolute atomic E-state index is 5.03. The van der Waals surface area contributed by atoms with E-state index in [1.807, 2.05) is 0 Å². The molecule has 0 atom stereocenters. The minimum atomic E-state index is 0.0842. The van der Waals surface area contributed by atoms with Crippen LogP contribution in [0.3, 0.4) is 0 Å². The van der Waals surface area contributed by atoms with Crippen LogP contribution in [0.5, 0.6) is 0 Å². The van der Waals surface area contributed by atoms with E-state index in [0.29, 0.717) is 0 Å². The Labute approximate surface area is 189 Å². The summed E-state index contributed by atoms with van der Waals surface area (Å²) in [7, 11) is 0. The number of hydrogen-bond donors (Lipinski definition) is 0. The second kappa shape index (κ2) is 6.68. The molecule has 0 saturated heterocycles. The molecule has 4 heterocycles. The predicted octanol–water partition coefficient (Wildman–Crippen LogP) is 5.51. The Morgan fingerprint density at radius 1 is 0.656 bits per heavy atom. The summed E-state index contributed by atoms with van der Waals surface area (Å²) in [6, 6.07) is 21.9. The molecule has 4 aromatic rings. The summed E-state index contributed by atoms with van der Waals surface area (Å²) in [5.41, 5.74) is 10.3. The lowest BCUT2D eigenvalue weighted by Crippen LogP contribution is -2.29. The first-order valence-corrected chi connectivity index (χ1v) is 11.7. The van der Waals surface area contributed by atoms with Gasteiger partial charge in [-0.15, -0.1) is 0 Å². The van der Waals surface area contributed by atoms with E-state index in [1.54, 1.807) is 0 Å². The van der Waals surface area contributed by atoms with Gasteiger partial charge >= 0.3 is 0 Å². The van der Waals surface area contributed by atoms with E-state index in [-0.39, 0.29) is 10.8 Å². The third-order valence-corrected chi connectivity index (χ3v) is 7.25. The van der Waals surface area contributed by atoms with E-state index in [4.69, 9.17) is 10.2 Å². The highest BCUT2D eigenvalue weighted by atomic mass is 15.3. The van der Waals surface area contributed by atoms with Gasteiger partial charge in [0.05, 0.1) is 34.2 Å². The van der Waals surface area contributed by atoms with E-state index in [2.05, 4.69) is 97.7 Å². The maximum atomic E-state index is 5.03. The van der Waals surface area contributed by atoms with Crippen molar-refractivity contribution in [2.24, 2.45) is 0 Å². The van der Waals surface area contributed by atoms with Crippen molar-refractivity contribution in [2.45, 2.75) is 64.2 Å². The van der Waals surface area contributed by atoms with Crippen LogP contribution < -0.4 is 0 Å². The van der Waals surface area contributed by atoms with Gasteiger partial charge in [-0.1, -0.05) is 64.1 Å². The lowest BCUT2D eigenvalue weighted by Gasteiger charge is -2.32. The van der Waals surface area contributed by atoms with Crippen molar-refractivity contribution < 1.29 is 0 Å². The van der Waals surface area contributed by atoms with Gasteiger partial charge in [0.15, 0.2) is 0 Å². The van der Waals surface area contributed by atoms with E-state index in [0.717, 1.165) is 37.1 Å². The van der Waals surface area contributed by atoms with Crippen molar-refractivity contribution in [1.82, 2.24) is 19.6 Å². The van der Waals surface area contributed by atoms with Crippen molar-refractivity contribution in [3.63, 3.8) is 0 Å². The molecule has 0 amide bonds. The molecule has 2 aliphatic heterocycles. The van der Waals surface area contributed by atoms with Crippen molar-refractivity contribution >= 4 is 0 Å². The first kappa shape index (κ1) is 19.5. The van der Waals surface area contributed by atoms with Crippen molar-refractivity contribution in [2.75, 3.05) is 0 Å². The Balaban J connectivity index is 1.31. The van der Waals surface area contributed by atoms with Gasteiger partial charge in [-0.2, -0.15) is 10.2 Å². The molecule has 0 N–H and O–H groups in total. The first-order valence-electron chi connectivity index (χ1n) is 11.7. The van der Waals surface area contributed by atoms with Gasteiger partial charge in [-0.3, -0.25) is 0 Å². The molecule has 0 bridgehead atoms. The Hall–Kier alpha value is -3.14. The molecule has 0 radical (unpaired) electrons. The standard InChI is InChI=1S/C28H30N4/c1-27(2)17-19-9-5-7-11-23(19)31-25(27)15-21(29-31)13-14-22-16-26-28(3,4)18-20-10-6-8-12-24(20)32(26)30-22/h5-12,15-16H,13-14,17-18H2,1-4H3. The Kier molecular flexibility index (Phi) is 4.08. The lowest BCUT2D eigenvalue weighted by molar-refractivity contribution is 0.466. The zero-order valence-electron chi connectivity index (χ0n) is 19.4. The molecule has 32 heavy (non-hydrogen) atoms. The Morgan fingerprint density at radius 2 is 1.06 bits per heavy atom. The second-order valence-electron chi connectivity index (χ2n) is 10.7. The van der Waals surface area contributed by atoms with Crippen molar-refractivity contribution in [3.05, 3.63) is 94.6 Å². The topological polar surface area (TPSA) is 35.6 Å². The number of benzene rings is 2. The van der Waals surface area contributed by atoms with Gasteiger partial charge in [0.2, 0.25) is 0 Å². The molecule has 0 aliphatic carbocycles. The van der Waals surface area contributed by atoms with Crippen LogP contribution in [0, 0.1) is 0 Å². The van der Waals surface area contributed by atoms with Gasteiger partial charge in [-0.05, 0) is 61.1 Å². The molecule has 2 aromatic heterocycles. The van der Waals surface area contributed by atoms with Crippen LogP contribution in [0.4, 0.5) is 0 Å². The number of aryl methyl sites for hydroxylation is 2. The van der Waals surface area contributed by atoms with E-state index in [1.165, 1.54) is 33.9 Å². The molecule has 6 rings (SSSR count). The van der Waals surface area contributed by atoms with Gasteiger partial charge in [0.25, 0.3) is 0 Å². The van der Waals surface area contributed by atoms with Crippen LogP contribution in [0.15, 0.2) is 60.7 Å². The van der Waals surface area contributed by atoms with Gasteiger partial charge in [0.1, 0.15) is 0 Å². The lowest BCUT2D eigenvalue weighted by atomic mass is 9.79. The largest absolute Gasteiger partial charge is 0.237 e. The summed E-state index contributed by atoms with van der Waals surface area (Å²) in [5, 5.41) is 10.1. The van der Waals surface area contributed by atoms with E-state index >= 15 is 0 Å². The minimum Gasteiger partial charge on any atom is -0.237 e. The molecule has 0 saturated carbocycles. The molecular formula is C28H30N4. The number of rotatable bonds is 3. The van der Waals surface area contributed by atoms with E-state index < -0.39 is 0 Å². The second-order valence-corrected chi connectivity index (χ2v) is 10.7. The summed E-state index contributed by atoms with van der Waals surface area (Å²) in [4.78, 5) is 0. The third-order valence-electron chi connectivity index (χ3n) is 7.25. The smallest absolute Gasteiger partial charge is 0.0681 e. The van der Waals surface area contributed by atoms with Crippen LogP contribution in [0.25, 0.3) is 11.4 Å². The van der Waals surface area contributed by atoms with Crippen molar-refractivity contribution in [3.8, 4) is 11.4 Å². The molecule has 0 unspecified atom stereocenters. The van der Waals surface area contributed by atoms with E-state index in [9.17, 15) is 0 Å². The molecule has 2 aromatic carbocycles. The molecule has 2 aliphatic rings. The van der Waals surface area contributed by atoms with Crippen LogP contribution >= 0.6 is 0 Å². The number of hydrogen-bond acceptors (Lipinski definition) is 2. The third kappa shape index (κ3) is 2.96. The molecule has 0 spiro atoms. The number of fused-ring (bicyclic) bond motifs is 6.